The van der Waals surface area contributed by atoms with Crippen LogP contribution in [0.5, 0.6) is 0 Å². The monoisotopic (exact) mass is 309 g/mol. The smallest absolute Gasteiger partial charge is 0.197 e. The van der Waals surface area contributed by atoms with Gasteiger partial charge in [0, 0.05) is 12.7 Å². The molecule has 3 aromatic heterocycles. The molecule has 0 aliphatic carbocycles. The van der Waals surface area contributed by atoms with Gasteiger partial charge >= 0.3 is 0 Å². The maximum Gasteiger partial charge on any atom is 0.197 e. The van der Waals surface area contributed by atoms with Crippen molar-refractivity contribution in [2.75, 3.05) is 0 Å². The molecule has 0 unspecified atom stereocenters. The summed E-state index contributed by atoms with van der Waals surface area (Å²) in [5.41, 5.74) is 1.06. The molecule has 22 heavy (non-hydrogen) atoms. The van der Waals surface area contributed by atoms with Crippen molar-refractivity contribution < 1.29 is 0 Å². The average molecular weight is 309 g/mol. The molecule has 0 aliphatic heterocycles. The normalized spacial score (nSPS) is 10.4. The molecule has 0 amide bonds. The van der Waals surface area contributed by atoms with Crippen molar-refractivity contribution in [3.8, 4) is 17.6 Å². The van der Waals surface area contributed by atoms with E-state index in [1.54, 1.807) is 12.4 Å². The Balaban J connectivity index is 1.91. The Bertz CT molecular complexity index is 805. The molecule has 0 bridgehead atoms. The molecule has 0 radical (unpaired) electrons. The van der Waals surface area contributed by atoms with Gasteiger partial charge in [0.15, 0.2) is 16.7 Å². The molecule has 7 nitrogen and oxygen atoms in total. The Labute approximate surface area is 131 Å². The largest absolute Gasteiger partial charge is 0.301 e. The van der Waals surface area contributed by atoms with Crippen molar-refractivity contribution in [2.24, 2.45) is 0 Å². The highest BCUT2D eigenvalue weighted by atomic mass is 32.2. The molecular weight excluding hydrogens is 298 g/mol. The number of rotatable bonds is 4. The van der Waals surface area contributed by atoms with Gasteiger partial charge in [-0.15, -0.1) is 10.2 Å². The van der Waals surface area contributed by atoms with Crippen LogP contribution in [0.15, 0.2) is 47.0 Å². The summed E-state index contributed by atoms with van der Waals surface area (Å²) in [7, 11) is 0. The number of pyridine rings is 1. The molecule has 3 heterocycles. The first kappa shape index (κ1) is 14.2. The fraction of sp³-hybridized carbons (Fsp3) is 0.143. The number of hydrogen-bond acceptors (Lipinski definition) is 7. The molecule has 0 aliphatic rings. The minimum absolute atomic E-state index is 0.287. The lowest BCUT2D eigenvalue weighted by Crippen LogP contribution is -2.00. The minimum Gasteiger partial charge on any atom is -0.301 e. The predicted octanol–water partition coefficient (Wildman–Crippen LogP) is 2.17. The topological polar surface area (TPSA) is 93.2 Å². The first-order valence-electron chi connectivity index (χ1n) is 6.56. The van der Waals surface area contributed by atoms with Crippen molar-refractivity contribution in [1.29, 1.82) is 5.26 Å². The quantitative estimate of drug-likeness (QED) is 0.729. The third-order valence-electron chi connectivity index (χ3n) is 2.87. The first-order valence-corrected chi connectivity index (χ1v) is 7.38. The van der Waals surface area contributed by atoms with Gasteiger partial charge in [-0.3, -0.25) is 4.98 Å². The summed E-state index contributed by atoms with van der Waals surface area (Å²) in [4.78, 5) is 12.5. The average Bonchev–Trinajstić information content (AvgIpc) is 2.99. The highest BCUT2D eigenvalue weighted by molar-refractivity contribution is 7.99. The molecule has 0 saturated carbocycles. The Morgan fingerprint density at radius 1 is 1.18 bits per heavy atom. The van der Waals surface area contributed by atoms with Crippen LogP contribution >= 0.6 is 11.8 Å². The third-order valence-corrected chi connectivity index (χ3v) is 3.77. The molecule has 0 N–H and O–H groups in total. The van der Waals surface area contributed by atoms with Crippen LogP contribution in [0.2, 0.25) is 0 Å². The van der Waals surface area contributed by atoms with Crippen molar-refractivity contribution in [1.82, 2.24) is 29.7 Å². The molecule has 0 atom stereocenters. The lowest BCUT2D eigenvalue weighted by molar-refractivity contribution is 0.685. The highest BCUT2D eigenvalue weighted by Gasteiger charge is 2.15. The van der Waals surface area contributed by atoms with Gasteiger partial charge in [-0.2, -0.15) is 5.26 Å². The van der Waals surface area contributed by atoms with Crippen molar-refractivity contribution in [3.05, 3.63) is 42.5 Å². The van der Waals surface area contributed by atoms with Crippen LogP contribution in [0.1, 0.15) is 12.6 Å². The zero-order chi connectivity index (χ0) is 15.4. The summed E-state index contributed by atoms with van der Waals surface area (Å²) in [6.07, 6.45) is 4.72. The molecular formula is C14H11N7S. The van der Waals surface area contributed by atoms with Gasteiger partial charge in [0.2, 0.25) is 0 Å². The van der Waals surface area contributed by atoms with Gasteiger partial charge in [-0.1, -0.05) is 6.07 Å². The number of aromatic nitrogens is 6. The van der Waals surface area contributed by atoms with Crippen LogP contribution < -0.4 is 0 Å². The van der Waals surface area contributed by atoms with Gasteiger partial charge in [0.25, 0.3) is 0 Å². The summed E-state index contributed by atoms with van der Waals surface area (Å²) >= 11 is 1.35. The van der Waals surface area contributed by atoms with Gasteiger partial charge in [-0.25, -0.2) is 9.97 Å². The summed E-state index contributed by atoms with van der Waals surface area (Å²) in [5.74, 6) is 0.715. The standard InChI is InChI=1S/C14H11N7S/c1-2-21-13(11-5-3-4-6-16-11)19-20-14(21)22-12-9-17-10(7-15)8-18-12/h3-6,8-9H,2H2,1H3. The highest BCUT2D eigenvalue weighted by Crippen LogP contribution is 2.27. The first-order chi connectivity index (χ1) is 10.8. The summed E-state index contributed by atoms with van der Waals surface area (Å²) in [6.45, 7) is 2.73. The van der Waals surface area contributed by atoms with Crippen LogP contribution in [0.4, 0.5) is 0 Å². The fourth-order valence-corrected chi connectivity index (χ4v) is 2.66. The van der Waals surface area contributed by atoms with Crippen molar-refractivity contribution in [3.63, 3.8) is 0 Å². The molecule has 0 spiro atoms. The van der Waals surface area contributed by atoms with Gasteiger partial charge in [0.05, 0.1) is 12.4 Å². The molecule has 3 rings (SSSR count). The Kier molecular flexibility index (Phi) is 4.07. The number of nitriles is 1. The predicted molar refractivity (Wildman–Crippen MR) is 79.8 cm³/mol. The van der Waals surface area contributed by atoms with E-state index in [1.165, 1.54) is 18.0 Å². The number of hydrogen-bond donors (Lipinski definition) is 0. The second kappa shape index (κ2) is 6.32. The molecule has 0 aromatic carbocycles. The SMILES string of the molecule is CCn1c(Sc2cnc(C#N)cn2)nnc1-c1ccccn1. The van der Waals surface area contributed by atoms with Crippen molar-refractivity contribution in [2.45, 2.75) is 23.7 Å². The maximum absolute atomic E-state index is 8.74. The van der Waals surface area contributed by atoms with Gasteiger partial charge < -0.3 is 4.57 Å². The van der Waals surface area contributed by atoms with E-state index >= 15 is 0 Å². The van der Waals surface area contributed by atoms with E-state index < -0.39 is 0 Å². The van der Waals surface area contributed by atoms with Crippen LogP contribution in [-0.2, 0) is 6.54 Å². The van der Waals surface area contributed by atoms with E-state index in [0.29, 0.717) is 22.6 Å². The van der Waals surface area contributed by atoms with Crippen LogP contribution in [0, 0.1) is 11.3 Å². The van der Waals surface area contributed by atoms with Crippen LogP contribution in [0.25, 0.3) is 11.5 Å². The zero-order valence-corrected chi connectivity index (χ0v) is 12.5. The fourth-order valence-electron chi connectivity index (χ4n) is 1.85. The minimum atomic E-state index is 0.287. The van der Waals surface area contributed by atoms with Gasteiger partial charge in [-0.05, 0) is 30.8 Å². The molecule has 0 fully saturated rings. The summed E-state index contributed by atoms with van der Waals surface area (Å²) in [5, 5.41) is 18.5. The van der Waals surface area contributed by atoms with E-state index in [9.17, 15) is 0 Å². The Hall–Kier alpha value is -2.79. The molecule has 3 aromatic rings. The molecule has 108 valence electrons. The summed E-state index contributed by atoms with van der Waals surface area (Å²) < 4.78 is 1.97. The molecule has 8 heteroatoms. The lowest BCUT2D eigenvalue weighted by Gasteiger charge is -2.06. The van der Waals surface area contributed by atoms with Crippen LogP contribution in [0.3, 0.4) is 0 Å². The maximum atomic E-state index is 8.74. The van der Waals surface area contributed by atoms with E-state index in [4.69, 9.17) is 5.26 Å². The second-order valence-electron chi connectivity index (χ2n) is 4.22. The van der Waals surface area contributed by atoms with E-state index in [0.717, 1.165) is 5.69 Å². The van der Waals surface area contributed by atoms with E-state index in [2.05, 4.69) is 25.1 Å². The van der Waals surface area contributed by atoms with E-state index in [1.807, 2.05) is 35.8 Å². The third kappa shape index (κ3) is 2.80. The zero-order valence-electron chi connectivity index (χ0n) is 11.7. The van der Waals surface area contributed by atoms with Gasteiger partial charge in [0.1, 0.15) is 16.8 Å². The summed E-state index contributed by atoms with van der Waals surface area (Å²) in [6, 6.07) is 7.61. The van der Waals surface area contributed by atoms with Crippen LogP contribution in [-0.4, -0.2) is 29.7 Å². The van der Waals surface area contributed by atoms with E-state index in [-0.39, 0.29) is 5.69 Å². The Morgan fingerprint density at radius 2 is 2.09 bits per heavy atom. The second-order valence-corrected chi connectivity index (χ2v) is 5.21. The number of nitrogens with zero attached hydrogens (tertiary/aromatic N) is 7. The van der Waals surface area contributed by atoms with Crippen molar-refractivity contribution >= 4 is 11.8 Å². The molecule has 0 saturated heterocycles. The Morgan fingerprint density at radius 3 is 2.73 bits per heavy atom. The lowest BCUT2D eigenvalue weighted by atomic mass is 10.3.